The highest BCUT2D eigenvalue weighted by atomic mass is 16.3. The van der Waals surface area contributed by atoms with E-state index in [4.69, 9.17) is 10.8 Å². The summed E-state index contributed by atoms with van der Waals surface area (Å²) < 4.78 is 0. The van der Waals surface area contributed by atoms with Gasteiger partial charge in [0.15, 0.2) is 0 Å². The lowest BCUT2D eigenvalue weighted by atomic mass is 10.0. The highest BCUT2D eigenvalue weighted by Gasteiger charge is 2.28. The smallest absolute Gasteiger partial charge is 0.227 e. The molecule has 1 saturated heterocycles. The number of β-amino-alcohol motifs (C(OH)–C–C–N with tert-alkyl or cyclic N) is 1. The first-order valence-corrected chi connectivity index (χ1v) is 5.43. The Hall–Kier alpha value is -1.39. The van der Waals surface area contributed by atoms with Crippen LogP contribution in [0, 0.1) is 0 Å². The number of likely N-dealkylation sites (tertiary alicyclic amines) is 1. The molecule has 16 heavy (non-hydrogen) atoms. The second-order valence-corrected chi connectivity index (χ2v) is 4.10. The van der Waals surface area contributed by atoms with Crippen LogP contribution in [0.1, 0.15) is 11.1 Å². The van der Waals surface area contributed by atoms with Gasteiger partial charge in [-0.05, 0) is 11.1 Å². The summed E-state index contributed by atoms with van der Waals surface area (Å²) >= 11 is 0. The van der Waals surface area contributed by atoms with Crippen molar-refractivity contribution in [1.82, 2.24) is 4.90 Å². The first-order chi connectivity index (χ1) is 7.70. The molecule has 0 spiro atoms. The van der Waals surface area contributed by atoms with E-state index in [0.29, 0.717) is 26.1 Å². The van der Waals surface area contributed by atoms with Crippen molar-refractivity contribution < 1.29 is 9.90 Å². The van der Waals surface area contributed by atoms with Crippen LogP contribution in [0.5, 0.6) is 0 Å². The van der Waals surface area contributed by atoms with Crippen LogP contribution in [-0.2, 0) is 17.8 Å². The third-order valence-corrected chi connectivity index (χ3v) is 2.89. The van der Waals surface area contributed by atoms with Crippen molar-refractivity contribution in [2.75, 3.05) is 13.1 Å². The third kappa shape index (κ3) is 2.23. The zero-order chi connectivity index (χ0) is 11.5. The normalized spacial score (nSPS) is 16.0. The van der Waals surface area contributed by atoms with E-state index in [1.54, 1.807) is 4.90 Å². The third-order valence-electron chi connectivity index (χ3n) is 2.89. The zero-order valence-corrected chi connectivity index (χ0v) is 9.10. The largest absolute Gasteiger partial charge is 0.389 e. The van der Waals surface area contributed by atoms with Crippen LogP contribution in [-0.4, -0.2) is 35.1 Å². The number of amides is 1. The predicted molar refractivity (Wildman–Crippen MR) is 60.6 cm³/mol. The summed E-state index contributed by atoms with van der Waals surface area (Å²) in [5, 5.41) is 9.12. The Morgan fingerprint density at radius 2 is 2.00 bits per heavy atom. The van der Waals surface area contributed by atoms with Crippen LogP contribution >= 0.6 is 0 Å². The van der Waals surface area contributed by atoms with E-state index in [1.807, 2.05) is 24.3 Å². The number of benzene rings is 1. The minimum atomic E-state index is -0.339. The van der Waals surface area contributed by atoms with Crippen molar-refractivity contribution in [3.05, 3.63) is 35.4 Å². The van der Waals surface area contributed by atoms with Crippen molar-refractivity contribution in [2.45, 2.75) is 19.1 Å². The average molecular weight is 220 g/mol. The van der Waals surface area contributed by atoms with Gasteiger partial charge in [-0.1, -0.05) is 24.3 Å². The van der Waals surface area contributed by atoms with Crippen LogP contribution < -0.4 is 5.73 Å². The van der Waals surface area contributed by atoms with Gasteiger partial charge in [-0.25, -0.2) is 0 Å². The molecule has 0 aromatic heterocycles. The summed E-state index contributed by atoms with van der Waals surface area (Å²) in [5.74, 6) is 0.0613. The summed E-state index contributed by atoms with van der Waals surface area (Å²) in [7, 11) is 0. The van der Waals surface area contributed by atoms with Crippen LogP contribution in [0.4, 0.5) is 0 Å². The number of hydrogen-bond acceptors (Lipinski definition) is 3. The second kappa shape index (κ2) is 4.63. The molecule has 2 rings (SSSR count). The van der Waals surface area contributed by atoms with Gasteiger partial charge < -0.3 is 15.7 Å². The maximum absolute atomic E-state index is 11.8. The summed E-state index contributed by atoms with van der Waals surface area (Å²) in [6.07, 6.45) is 0.0359. The number of nitrogens with zero attached hydrogens (tertiary/aromatic N) is 1. The van der Waals surface area contributed by atoms with E-state index >= 15 is 0 Å². The lowest BCUT2D eigenvalue weighted by Crippen LogP contribution is -2.54. The highest BCUT2D eigenvalue weighted by molar-refractivity contribution is 5.80. The molecular formula is C12H16N2O2. The molecule has 86 valence electrons. The molecule has 0 radical (unpaired) electrons. The van der Waals surface area contributed by atoms with E-state index in [9.17, 15) is 4.79 Å². The number of hydrogen-bond donors (Lipinski definition) is 2. The zero-order valence-electron chi connectivity index (χ0n) is 9.10. The van der Waals surface area contributed by atoms with E-state index in [-0.39, 0.29) is 12.0 Å². The van der Waals surface area contributed by atoms with Crippen molar-refractivity contribution in [2.24, 2.45) is 5.73 Å². The molecule has 1 aromatic carbocycles. The van der Waals surface area contributed by atoms with Crippen molar-refractivity contribution >= 4 is 5.91 Å². The van der Waals surface area contributed by atoms with E-state index in [0.717, 1.165) is 11.1 Å². The van der Waals surface area contributed by atoms with Crippen molar-refractivity contribution in [3.8, 4) is 0 Å². The van der Waals surface area contributed by atoms with Crippen molar-refractivity contribution in [1.29, 1.82) is 0 Å². The number of nitrogens with two attached hydrogens (primary N) is 1. The Bertz CT molecular complexity index is 386. The topological polar surface area (TPSA) is 66.6 Å². The summed E-state index contributed by atoms with van der Waals surface area (Å²) in [5.41, 5.74) is 7.60. The maximum Gasteiger partial charge on any atom is 0.227 e. The van der Waals surface area contributed by atoms with Gasteiger partial charge in [-0.3, -0.25) is 4.79 Å². The van der Waals surface area contributed by atoms with E-state index in [2.05, 4.69) is 0 Å². The van der Waals surface area contributed by atoms with Gasteiger partial charge in [0.05, 0.1) is 12.5 Å². The summed E-state index contributed by atoms with van der Waals surface area (Å²) in [4.78, 5) is 13.4. The van der Waals surface area contributed by atoms with Gasteiger partial charge in [0.25, 0.3) is 0 Å². The van der Waals surface area contributed by atoms with Crippen molar-refractivity contribution in [3.63, 3.8) is 0 Å². The maximum atomic E-state index is 11.8. The quantitative estimate of drug-likeness (QED) is 0.747. The summed E-state index contributed by atoms with van der Waals surface area (Å²) in [6, 6.07) is 7.69. The number of carbonyl (C=O) groups is 1. The molecule has 1 aromatic rings. The minimum Gasteiger partial charge on any atom is -0.389 e. The molecule has 4 nitrogen and oxygen atoms in total. The standard InChI is InChI=1S/C12H16N2O2/c13-6-10-4-2-1-3-9(10)5-12(16)14-7-11(15)8-14/h1-4,11,15H,5-8,13H2. The molecule has 1 heterocycles. The predicted octanol–water partition coefficient (Wildman–Crippen LogP) is -0.109. The molecular weight excluding hydrogens is 204 g/mol. The molecule has 0 atom stereocenters. The molecule has 0 bridgehead atoms. The van der Waals surface area contributed by atoms with Gasteiger partial charge in [-0.15, -0.1) is 0 Å². The monoisotopic (exact) mass is 220 g/mol. The molecule has 0 aliphatic carbocycles. The molecule has 1 fully saturated rings. The summed E-state index contributed by atoms with van der Waals surface area (Å²) in [6.45, 7) is 1.37. The van der Waals surface area contributed by atoms with Gasteiger partial charge in [-0.2, -0.15) is 0 Å². The van der Waals surface area contributed by atoms with Gasteiger partial charge in [0.2, 0.25) is 5.91 Å². The Labute approximate surface area is 94.7 Å². The Balaban J connectivity index is 2.00. The van der Waals surface area contributed by atoms with Crippen LogP contribution in [0.15, 0.2) is 24.3 Å². The number of carbonyl (C=O) groups excluding carboxylic acids is 1. The van der Waals surface area contributed by atoms with E-state index in [1.165, 1.54) is 0 Å². The van der Waals surface area contributed by atoms with Gasteiger partial charge in [0, 0.05) is 19.6 Å². The molecule has 0 saturated carbocycles. The molecule has 1 aliphatic heterocycles. The Kier molecular flexibility index (Phi) is 3.22. The molecule has 1 amide bonds. The lowest BCUT2D eigenvalue weighted by molar-refractivity contribution is -0.140. The number of rotatable bonds is 3. The Morgan fingerprint density at radius 3 is 2.56 bits per heavy atom. The van der Waals surface area contributed by atoms with Gasteiger partial charge >= 0.3 is 0 Å². The van der Waals surface area contributed by atoms with Crippen LogP contribution in [0.3, 0.4) is 0 Å². The highest BCUT2D eigenvalue weighted by Crippen LogP contribution is 2.13. The number of aliphatic hydroxyl groups excluding tert-OH is 1. The molecule has 1 aliphatic rings. The fourth-order valence-electron chi connectivity index (χ4n) is 1.86. The fraction of sp³-hybridized carbons (Fsp3) is 0.417. The van der Waals surface area contributed by atoms with Gasteiger partial charge in [0.1, 0.15) is 0 Å². The van der Waals surface area contributed by atoms with E-state index < -0.39 is 0 Å². The fourth-order valence-corrected chi connectivity index (χ4v) is 1.86. The minimum absolute atomic E-state index is 0.0613. The second-order valence-electron chi connectivity index (χ2n) is 4.10. The van der Waals surface area contributed by atoms with Crippen LogP contribution in [0.25, 0.3) is 0 Å². The molecule has 0 unspecified atom stereocenters. The SMILES string of the molecule is NCc1ccccc1CC(=O)N1CC(O)C1. The molecule has 4 heteroatoms. The average Bonchev–Trinajstić information content (AvgIpc) is 2.25. The number of aliphatic hydroxyl groups is 1. The lowest BCUT2D eigenvalue weighted by Gasteiger charge is -2.36. The first kappa shape index (κ1) is 11.1. The first-order valence-electron chi connectivity index (χ1n) is 5.43. The molecule has 3 N–H and O–H groups in total. The Morgan fingerprint density at radius 1 is 1.38 bits per heavy atom. The van der Waals surface area contributed by atoms with Crippen LogP contribution in [0.2, 0.25) is 0 Å².